The number of amides is 2. The Balaban J connectivity index is 1.57. The topological polar surface area (TPSA) is 40.6 Å². The maximum Gasteiger partial charge on any atom is 0.256 e. The van der Waals surface area contributed by atoms with Gasteiger partial charge in [0, 0.05) is 43.7 Å². The molecular weight excluding hydrogens is 386 g/mol. The zero-order valence-electron chi connectivity index (χ0n) is 15.5. The van der Waals surface area contributed by atoms with Gasteiger partial charge in [-0.3, -0.25) is 9.59 Å². The van der Waals surface area contributed by atoms with Crippen molar-refractivity contribution in [1.29, 1.82) is 0 Å². The van der Waals surface area contributed by atoms with Crippen LogP contribution in [0.15, 0.2) is 42.5 Å². The monoisotopic (exact) mass is 406 g/mol. The molecular formula is C21H21ClF2N2O2. The fourth-order valence-corrected chi connectivity index (χ4v) is 3.67. The van der Waals surface area contributed by atoms with E-state index in [2.05, 4.69) is 0 Å². The van der Waals surface area contributed by atoms with Crippen LogP contribution in [0.5, 0.6) is 0 Å². The first-order chi connectivity index (χ1) is 13.3. The molecule has 2 aromatic rings. The highest BCUT2D eigenvalue weighted by atomic mass is 35.5. The number of carbonyl (C=O) groups is 2. The van der Waals surface area contributed by atoms with Gasteiger partial charge in [0.25, 0.3) is 5.91 Å². The average Bonchev–Trinajstić information content (AvgIpc) is 2.67. The molecule has 0 saturated carbocycles. The summed E-state index contributed by atoms with van der Waals surface area (Å²) in [6, 6.07) is 10.3. The van der Waals surface area contributed by atoms with Crippen LogP contribution in [0.3, 0.4) is 0 Å². The van der Waals surface area contributed by atoms with Crippen LogP contribution in [0.2, 0.25) is 5.02 Å². The molecule has 1 aliphatic rings. The molecule has 1 heterocycles. The lowest BCUT2D eigenvalue weighted by Gasteiger charge is -2.33. The normalized spacial score (nSPS) is 14.8. The van der Waals surface area contributed by atoms with Crippen LogP contribution in [-0.4, -0.2) is 41.8 Å². The van der Waals surface area contributed by atoms with Crippen molar-refractivity contribution >= 4 is 23.4 Å². The van der Waals surface area contributed by atoms with E-state index in [1.165, 1.54) is 4.90 Å². The van der Waals surface area contributed by atoms with Crippen molar-refractivity contribution in [2.45, 2.75) is 19.4 Å². The molecule has 0 atom stereocenters. The van der Waals surface area contributed by atoms with Crippen molar-refractivity contribution in [3.8, 4) is 0 Å². The Labute approximate surface area is 167 Å². The summed E-state index contributed by atoms with van der Waals surface area (Å²) in [5.41, 5.74) is 0.798. The van der Waals surface area contributed by atoms with Gasteiger partial charge < -0.3 is 9.80 Å². The number of likely N-dealkylation sites (tertiary alicyclic amines) is 1. The molecule has 0 radical (unpaired) electrons. The molecule has 4 nitrogen and oxygen atoms in total. The smallest absolute Gasteiger partial charge is 0.256 e. The third-order valence-corrected chi connectivity index (χ3v) is 5.21. The standard InChI is InChI=1S/C21H21ClF2N2O2/c1-25(13-14-3-2-4-16(22)11-14)20(27)15-7-9-26(10-8-15)21(28)18-6-5-17(23)12-19(18)24/h2-6,11-12,15H,7-10,13H2,1H3. The van der Waals surface area contributed by atoms with Gasteiger partial charge >= 0.3 is 0 Å². The molecule has 7 heteroatoms. The van der Waals surface area contributed by atoms with E-state index in [4.69, 9.17) is 11.6 Å². The average molecular weight is 407 g/mol. The number of nitrogens with zero attached hydrogens (tertiary/aromatic N) is 2. The molecule has 1 aliphatic heterocycles. The molecule has 2 amide bonds. The molecule has 1 fully saturated rings. The number of benzene rings is 2. The van der Waals surface area contributed by atoms with Gasteiger partial charge in [0.05, 0.1) is 5.56 Å². The van der Waals surface area contributed by atoms with Gasteiger partial charge in [-0.05, 0) is 42.7 Å². The molecule has 0 aliphatic carbocycles. The molecule has 1 saturated heterocycles. The van der Waals surface area contributed by atoms with Crippen LogP contribution >= 0.6 is 11.6 Å². The van der Waals surface area contributed by atoms with E-state index in [1.54, 1.807) is 18.0 Å². The van der Waals surface area contributed by atoms with Crippen LogP contribution in [-0.2, 0) is 11.3 Å². The van der Waals surface area contributed by atoms with Crippen LogP contribution in [0, 0.1) is 17.6 Å². The quantitative estimate of drug-likeness (QED) is 0.766. The predicted molar refractivity (Wildman–Crippen MR) is 103 cm³/mol. The van der Waals surface area contributed by atoms with Gasteiger partial charge in [-0.15, -0.1) is 0 Å². The van der Waals surface area contributed by atoms with Crippen LogP contribution < -0.4 is 0 Å². The summed E-state index contributed by atoms with van der Waals surface area (Å²) in [7, 11) is 1.74. The third kappa shape index (κ3) is 4.68. The fourth-order valence-electron chi connectivity index (χ4n) is 3.46. The summed E-state index contributed by atoms with van der Waals surface area (Å²) in [5.74, 6) is -2.24. The van der Waals surface area contributed by atoms with E-state index >= 15 is 0 Å². The van der Waals surface area contributed by atoms with E-state index in [0.717, 1.165) is 17.7 Å². The zero-order chi connectivity index (χ0) is 20.3. The summed E-state index contributed by atoms with van der Waals surface area (Å²) in [4.78, 5) is 28.4. The Kier molecular flexibility index (Phi) is 6.29. The van der Waals surface area contributed by atoms with Gasteiger partial charge in [0.15, 0.2) is 0 Å². The van der Waals surface area contributed by atoms with Crippen LogP contribution in [0.4, 0.5) is 8.78 Å². The summed E-state index contributed by atoms with van der Waals surface area (Å²) in [5, 5.41) is 0.623. The summed E-state index contributed by atoms with van der Waals surface area (Å²) in [6.07, 6.45) is 1.01. The highest BCUT2D eigenvalue weighted by Gasteiger charge is 2.30. The predicted octanol–water partition coefficient (Wildman–Crippen LogP) is 4.13. The van der Waals surface area contributed by atoms with Crippen molar-refractivity contribution in [3.63, 3.8) is 0 Å². The van der Waals surface area contributed by atoms with E-state index < -0.39 is 17.5 Å². The van der Waals surface area contributed by atoms with Crippen molar-refractivity contribution in [2.24, 2.45) is 5.92 Å². The lowest BCUT2D eigenvalue weighted by atomic mass is 9.94. The highest BCUT2D eigenvalue weighted by molar-refractivity contribution is 6.30. The Morgan fingerprint density at radius 2 is 1.86 bits per heavy atom. The van der Waals surface area contributed by atoms with Crippen molar-refractivity contribution < 1.29 is 18.4 Å². The molecule has 0 aromatic heterocycles. The fraction of sp³-hybridized carbons (Fsp3) is 0.333. The van der Waals surface area contributed by atoms with Crippen LogP contribution in [0.25, 0.3) is 0 Å². The largest absolute Gasteiger partial charge is 0.341 e. The molecule has 0 spiro atoms. The van der Waals surface area contributed by atoms with Gasteiger partial charge in [0.2, 0.25) is 5.91 Å². The second-order valence-corrected chi connectivity index (χ2v) is 7.45. The minimum absolute atomic E-state index is 0.0139. The summed E-state index contributed by atoms with van der Waals surface area (Å²) in [6.45, 7) is 1.17. The Bertz CT molecular complexity index is 882. The number of hydrogen-bond acceptors (Lipinski definition) is 2. The lowest BCUT2D eigenvalue weighted by molar-refractivity contribution is -0.136. The van der Waals surface area contributed by atoms with Crippen molar-refractivity contribution in [3.05, 3.63) is 70.2 Å². The number of carbonyl (C=O) groups excluding carboxylic acids is 2. The summed E-state index contributed by atoms with van der Waals surface area (Å²) >= 11 is 5.98. The van der Waals surface area contributed by atoms with E-state index in [1.807, 2.05) is 18.2 Å². The number of hydrogen-bond donors (Lipinski definition) is 0. The maximum absolute atomic E-state index is 13.8. The maximum atomic E-state index is 13.8. The Morgan fingerprint density at radius 3 is 2.50 bits per heavy atom. The number of halogens is 3. The first-order valence-electron chi connectivity index (χ1n) is 9.09. The second kappa shape index (κ2) is 8.69. The zero-order valence-corrected chi connectivity index (χ0v) is 16.3. The van der Waals surface area contributed by atoms with Gasteiger partial charge in [0.1, 0.15) is 11.6 Å². The lowest BCUT2D eigenvalue weighted by Crippen LogP contribution is -2.43. The second-order valence-electron chi connectivity index (χ2n) is 7.01. The molecule has 0 unspecified atom stereocenters. The van der Waals surface area contributed by atoms with Gasteiger partial charge in [-0.1, -0.05) is 23.7 Å². The SMILES string of the molecule is CN(Cc1cccc(Cl)c1)C(=O)C1CCN(C(=O)c2ccc(F)cc2F)CC1. The van der Waals surface area contributed by atoms with Crippen molar-refractivity contribution in [1.82, 2.24) is 9.80 Å². The molecule has 2 aromatic carbocycles. The molecule has 148 valence electrons. The summed E-state index contributed by atoms with van der Waals surface area (Å²) < 4.78 is 26.9. The van der Waals surface area contributed by atoms with E-state index in [9.17, 15) is 18.4 Å². The van der Waals surface area contributed by atoms with Crippen molar-refractivity contribution in [2.75, 3.05) is 20.1 Å². The van der Waals surface area contributed by atoms with E-state index in [-0.39, 0.29) is 17.4 Å². The molecule has 0 N–H and O–H groups in total. The Morgan fingerprint density at radius 1 is 1.14 bits per heavy atom. The number of piperidine rings is 1. The molecule has 3 rings (SSSR count). The Hall–Kier alpha value is -2.47. The minimum atomic E-state index is -0.871. The molecule has 28 heavy (non-hydrogen) atoms. The third-order valence-electron chi connectivity index (χ3n) is 4.98. The minimum Gasteiger partial charge on any atom is -0.341 e. The highest BCUT2D eigenvalue weighted by Crippen LogP contribution is 2.23. The molecule has 0 bridgehead atoms. The van der Waals surface area contributed by atoms with Gasteiger partial charge in [-0.25, -0.2) is 8.78 Å². The first-order valence-corrected chi connectivity index (χ1v) is 9.46. The number of rotatable bonds is 4. The van der Waals surface area contributed by atoms with Gasteiger partial charge in [-0.2, -0.15) is 0 Å². The van der Waals surface area contributed by atoms with E-state index in [0.29, 0.717) is 43.6 Å². The van der Waals surface area contributed by atoms with Crippen LogP contribution in [0.1, 0.15) is 28.8 Å². The first kappa shape index (κ1) is 20.3.